The van der Waals surface area contributed by atoms with Gasteiger partial charge < -0.3 is 5.32 Å². The second-order valence-electron chi connectivity index (χ2n) is 6.01. The molecule has 0 spiro atoms. The number of nitrogens with one attached hydrogen (secondary N) is 1. The first-order valence-electron chi connectivity index (χ1n) is 7.74. The molecule has 1 N–H and O–H groups in total. The molecule has 0 amide bonds. The highest BCUT2D eigenvalue weighted by Gasteiger charge is 2.29. The van der Waals surface area contributed by atoms with Crippen molar-refractivity contribution < 1.29 is 8.42 Å². The average molecular weight is 326 g/mol. The summed E-state index contributed by atoms with van der Waals surface area (Å²) in [6, 6.07) is 16.7. The number of rotatable bonds is 2. The van der Waals surface area contributed by atoms with Crippen LogP contribution < -0.4 is 5.32 Å². The van der Waals surface area contributed by atoms with Gasteiger partial charge in [-0.15, -0.1) is 0 Å². The fourth-order valence-corrected chi connectivity index (χ4v) is 4.95. The van der Waals surface area contributed by atoms with Gasteiger partial charge in [0.25, 0.3) is 10.0 Å². The smallest absolute Gasteiger partial charge is 0.268 e. The summed E-state index contributed by atoms with van der Waals surface area (Å²) in [5, 5.41) is 4.44. The number of benzene rings is 2. The van der Waals surface area contributed by atoms with E-state index in [0.29, 0.717) is 17.9 Å². The van der Waals surface area contributed by atoms with Crippen molar-refractivity contribution in [3.63, 3.8) is 0 Å². The Morgan fingerprint density at radius 3 is 2.52 bits per heavy atom. The van der Waals surface area contributed by atoms with Gasteiger partial charge in [-0.25, -0.2) is 12.4 Å². The van der Waals surface area contributed by atoms with Crippen molar-refractivity contribution in [3.8, 4) is 0 Å². The van der Waals surface area contributed by atoms with E-state index < -0.39 is 10.0 Å². The second kappa shape index (κ2) is 5.22. The molecule has 0 radical (unpaired) electrons. The molecular weight excluding hydrogens is 308 g/mol. The molecule has 118 valence electrons. The van der Waals surface area contributed by atoms with Gasteiger partial charge in [-0.3, -0.25) is 0 Å². The summed E-state index contributed by atoms with van der Waals surface area (Å²) in [5.74, 6) is 0. The molecule has 23 heavy (non-hydrogen) atoms. The third-order valence-corrected chi connectivity index (χ3v) is 6.22. The van der Waals surface area contributed by atoms with Gasteiger partial charge in [0, 0.05) is 30.1 Å². The Bertz CT molecular complexity index is 975. The lowest BCUT2D eigenvalue weighted by Gasteiger charge is -2.22. The van der Waals surface area contributed by atoms with Crippen LogP contribution in [-0.4, -0.2) is 18.4 Å². The summed E-state index contributed by atoms with van der Waals surface area (Å²) < 4.78 is 28.0. The third-order valence-electron chi connectivity index (χ3n) is 4.45. The molecule has 5 heteroatoms. The predicted octanol–water partition coefficient (Wildman–Crippen LogP) is 2.91. The molecule has 0 saturated carbocycles. The van der Waals surface area contributed by atoms with Crippen LogP contribution in [0.1, 0.15) is 18.2 Å². The van der Waals surface area contributed by atoms with Crippen molar-refractivity contribution in [1.29, 1.82) is 0 Å². The van der Waals surface area contributed by atoms with Gasteiger partial charge in [-0.1, -0.05) is 36.4 Å². The van der Waals surface area contributed by atoms with E-state index in [-0.39, 0.29) is 6.04 Å². The first-order valence-corrected chi connectivity index (χ1v) is 9.18. The van der Waals surface area contributed by atoms with E-state index in [2.05, 4.69) is 12.2 Å². The quantitative estimate of drug-likeness (QED) is 0.788. The molecule has 1 aromatic heterocycles. The zero-order valence-electron chi connectivity index (χ0n) is 12.9. The average Bonchev–Trinajstić information content (AvgIpc) is 2.89. The van der Waals surface area contributed by atoms with Crippen molar-refractivity contribution >= 4 is 20.9 Å². The molecule has 0 bridgehead atoms. The van der Waals surface area contributed by atoms with Crippen LogP contribution in [0.25, 0.3) is 10.9 Å². The zero-order chi connectivity index (χ0) is 16.0. The summed E-state index contributed by atoms with van der Waals surface area (Å²) in [4.78, 5) is 0.328. The van der Waals surface area contributed by atoms with Crippen molar-refractivity contribution in [1.82, 2.24) is 9.29 Å². The maximum Gasteiger partial charge on any atom is 0.268 e. The van der Waals surface area contributed by atoms with Gasteiger partial charge in [0.2, 0.25) is 0 Å². The van der Waals surface area contributed by atoms with Gasteiger partial charge >= 0.3 is 0 Å². The Hall–Kier alpha value is -2.11. The van der Waals surface area contributed by atoms with Crippen molar-refractivity contribution in [2.45, 2.75) is 30.8 Å². The highest BCUT2D eigenvalue weighted by Crippen LogP contribution is 2.32. The number of hydrogen-bond acceptors (Lipinski definition) is 3. The van der Waals surface area contributed by atoms with Gasteiger partial charge in [-0.05, 0) is 30.7 Å². The second-order valence-corrected chi connectivity index (χ2v) is 7.80. The van der Waals surface area contributed by atoms with E-state index in [1.165, 1.54) is 0 Å². The molecule has 0 unspecified atom stereocenters. The molecule has 3 aromatic rings. The minimum absolute atomic E-state index is 0.261. The maximum absolute atomic E-state index is 13.2. The molecule has 1 aliphatic heterocycles. The zero-order valence-corrected chi connectivity index (χ0v) is 13.7. The van der Waals surface area contributed by atoms with Gasteiger partial charge in [0.15, 0.2) is 0 Å². The Kier molecular flexibility index (Phi) is 3.28. The number of aromatic nitrogens is 1. The van der Waals surface area contributed by atoms with Crippen molar-refractivity contribution in [2.24, 2.45) is 0 Å². The topological polar surface area (TPSA) is 51.1 Å². The molecule has 0 fully saturated rings. The Balaban J connectivity index is 2.06. The predicted molar refractivity (Wildman–Crippen MR) is 91.0 cm³/mol. The maximum atomic E-state index is 13.2. The van der Waals surface area contributed by atoms with E-state index in [0.717, 1.165) is 22.2 Å². The lowest BCUT2D eigenvalue weighted by atomic mass is 10.0. The summed E-state index contributed by atoms with van der Waals surface area (Å²) in [6.07, 6.45) is 0.704. The van der Waals surface area contributed by atoms with E-state index in [1.54, 1.807) is 28.2 Å². The Morgan fingerprint density at radius 2 is 1.74 bits per heavy atom. The van der Waals surface area contributed by atoms with Crippen LogP contribution in [0.5, 0.6) is 0 Å². The molecule has 1 aliphatic rings. The Labute approximate surface area is 135 Å². The lowest BCUT2D eigenvalue weighted by Crippen LogP contribution is -2.34. The van der Waals surface area contributed by atoms with Crippen LogP contribution in [0.15, 0.2) is 59.5 Å². The first-order chi connectivity index (χ1) is 11.1. The molecule has 4 rings (SSSR count). The van der Waals surface area contributed by atoms with Gasteiger partial charge in [0.1, 0.15) is 0 Å². The fraction of sp³-hybridized carbons (Fsp3) is 0.222. The van der Waals surface area contributed by atoms with Crippen LogP contribution in [0.3, 0.4) is 0 Å². The lowest BCUT2D eigenvalue weighted by molar-refractivity contribution is 0.505. The van der Waals surface area contributed by atoms with E-state index in [4.69, 9.17) is 0 Å². The molecule has 2 heterocycles. The normalized spacial score (nSPS) is 18.0. The van der Waals surface area contributed by atoms with E-state index in [9.17, 15) is 8.42 Å². The van der Waals surface area contributed by atoms with Crippen LogP contribution in [0.2, 0.25) is 0 Å². The molecular formula is C18H18N2O2S. The minimum Gasteiger partial charge on any atom is -0.310 e. The fourth-order valence-electron chi connectivity index (χ4n) is 3.34. The standard InChI is InChI=1S/C18H18N2O2S/c1-13-11-18-16(12-19-13)15-9-5-6-10-17(15)20(18)23(21,22)14-7-3-2-4-8-14/h2-10,13,19H,11-12H2,1H3/t13-/m1/s1. The van der Waals surface area contributed by atoms with Crippen LogP contribution in [-0.2, 0) is 23.0 Å². The monoisotopic (exact) mass is 326 g/mol. The summed E-state index contributed by atoms with van der Waals surface area (Å²) in [6.45, 7) is 2.79. The SMILES string of the molecule is C[C@@H]1Cc2c(c3ccccc3n2S(=O)(=O)c2ccccc2)CN1. The third kappa shape index (κ3) is 2.19. The highest BCUT2D eigenvalue weighted by molar-refractivity contribution is 7.90. The number of hydrogen-bond donors (Lipinski definition) is 1. The van der Waals surface area contributed by atoms with Crippen LogP contribution in [0, 0.1) is 0 Å². The van der Waals surface area contributed by atoms with Gasteiger partial charge in [0.05, 0.1) is 10.4 Å². The number of fused-ring (bicyclic) bond motifs is 3. The van der Waals surface area contributed by atoms with Gasteiger partial charge in [-0.2, -0.15) is 0 Å². The summed E-state index contributed by atoms with van der Waals surface area (Å²) >= 11 is 0. The summed E-state index contributed by atoms with van der Waals surface area (Å²) in [5.41, 5.74) is 2.76. The molecule has 0 saturated heterocycles. The number of para-hydroxylation sites is 1. The van der Waals surface area contributed by atoms with Crippen molar-refractivity contribution in [2.75, 3.05) is 0 Å². The van der Waals surface area contributed by atoms with Crippen LogP contribution >= 0.6 is 0 Å². The largest absolute Gasteiger partial charge is 0.310 e. The highest BCUT2D eigenvalue weighted by atomic mass is 32.2. The first kappa shape index (κ1) is 14.5. The molecule has 2 aromatic carbocycles. The number of nitrogens with zero attached hydrogens (tertiary/aromatic N) is 1. The summed E-state index contributed by atoms with van der Waals surface area (Å²) in [7, 11) is -3.60. The molecule has 0 aliphatic carbocycles. The van der Waals surface area contributed by atoms with Crippen LogP contribution in [0.4, 0.5) is 0 Å². The van der Waals surface area contributed by atoms with E-state index in [1.807, 2.05) is 30.3 Å². The Morgan fingerprint density at radius 1 is 1.04 bits per heavy atom. The molecule has 4 nitrogen and oxygen atoms in total. The van der Waals surface area contributed by atoms with Crippen molar-refractivity contribution in [3.05, 3.63) is 65.9 Å². The minimum atomic E-state index is -3.60. The molecule has 1 atom stereocenters. The van der Waals surface area contributed by atoms with E-state index >= 15 is 0 Å².